The Kier molecular flexibility index (Phi) is 5.98. The van der Waals surface area contributed by atoms with Crippen molar-refractivity contribution in [3.05, 3.63) is 17.5 Å². The summed E-state index contributed by atoms with van der Waals surface area (Å²) in [5.41, 5.74) is 0. The van der Waals surface area contributed by atoms with Gasteiger partial charge in [0.15, 0.2) is 0 Å². The van der Waals surface area contributed by atoms with E-state index in [-0.39, 0.29) is 0 Å². The van der Waals surface area contributed by atoms with Crippen LogP contribution in [0, 0.1) is 0 Å². The molecule has 5 nitrogen and oxygen atoms in total. The van der Waals surface area contributed by atoms with Crippen molar-refractivity contribution in [3.8, 4) is 0 Å². The molecule has 0 radical (unpaired) electrons. The van der Waals surface area contributed by atoms with Crippen molar-refractivity contribution in [1.82, 2.24) is 14.5 Å². The van der Waals surface area contributed by atoms with Gasteiger partial charge >= 0.3 is 0 Å². The molecule has 114 valence electrons. The number of hydrogen-bond acceptors (Lipinski definition) is 5. The van der Waals surface area contributed by atoms with Crippen molar-refractivity contribution < 1.29 is 8.42 Å². The fraction of sp³-hybridized carbons (Fsp3) is 0.692. The minimum atomic E-state index is -3.28. The molecular formula is C13H23N3O2S2. The second-order valence-electron chi connectivity index (χ2n) is 5.18. The summed E-state index contributed by atoms with van der Waals surface area (Å²) in [6, 6.07) is 3.39. The predicted molar refractivity (Wildman–Crippen MR) is 82.7 cm³/mol. The van der Waals surface area contributed by atoms with E-state index in [0.29, 0.717) is 10.8 Å². The van der Waals surface area contributed by atoms with Gasteiger partial charge in [-0.3, -0.25) is 0 Å². The highest BCUT2D eigenvalue weighted by Gasteiger charge is 2.15. The summed E-state index contributed by atoms with van der Waals surface area (Å²) in [5.74, 6) is 0. The van der Waals surface area contributed by atoms with Crippen LogP contribution in [0.25, 0.3) is 0 Å². The van der Waals surface area contributed by atoms with Crippen LogP contribution in [0.3, 0.4) is 0 Å². The maximum absolute atomic E-state index is 11.9. The molecule has 0 unspecified atom stereocenters. The monoisotopic (exact) mass is 317 g/mol. The average Bonchev–Trinajstić information content (AvgIpc) is 2.95. The molecule has 0 aromatic carbocycles. The summed E-state index contributed by atoms with van der Waals surface area (Å²) in [5, 5.41) is 1.78. The van der Waals surface area contributed by atoms with Crippen molar-refractivity contribution in [2.24, 2.45) is 0 Å². The Morgan fingerprint density at radius 3 is 2.65 bits per heavy atom. The van der Waals surface area contributed by atoms with Gasteiger partial charge in [-0.15, -0.1) is 11.3 Å². The topological polar surface area (TPSA) is 52.6 Å². The summed E-state index contributed by atoms with van der Waals surface area (Å²) in [7, 11) is -1.13. The third-order valence-electron chi connectivity index (χ3n) is 3.55. The van der Waals surface area contributed by atoms with Crippen LogP contribution in [0.5, 0.6) is 0 Å². The van der Waals surface area contributed by atoms with Crippen molar-refractivity contribution in [3.63, 3.8) is 0 Å². The first kappa shape index (κ1) is 15.9. The minimum Gasteiger partial charge on any atom is -0.304 e. The van der Waals surface area contributed by atoms with Crippen LogP contribution in [0.1, 0.15) is 12.8 Å². The number of likely N-dealkylation sites (N-methyl/N-ethyl adjacent to an activating group) is 1. The predicted octanol–water partition coefficient (Wildman–Crippen LogP) is 1.05. The molecule has 0 saturated carbocycles. The summed E-state index contributed by atoms with van der Waals surface area (Å²) in [6.45, 7) is 6.09. The van der Waals surface area contributed by atoms with Gasteiger partial charge in [0, 0.05) is 32.7 Å². The summed E-state index contributed by atoms with van der Waals surface area (Å²) >= 11 is 1.25. The lowest BCUT2D eigenvalue weighted by atomic mass is 10.2. The molecule has 1 aliphatic rings. The minimum absolute atomic E-state index is 0.400. The fourth-order valence-electron chi connectivity index (χ4n) is 2.23. The lowest BCUT2D eigenvalue weighted by molar-refractivity contribution is 0.152. The number of nitrogens with zero attached hydrogens (tertiary/aromatic N) is 2. The van der Waals surface area contributed by atoms with Crippen LogP contribution in [-0.4, -0.2) is 64.5 Å². The van der Waals surface area contributed by atoms with Gasteiger partial charge in [-0.2, -0.15) is 0 Å². The smallest absolute Gasteiger partial charge is 0.250 e. The SMILES string of the molecule is CN1CCN(CCCCNS(=O)(=O)c2cccs2)CC1. The maximum Gasteiger partial charge on any atom is 0.250 e. The standard InChI is InChI=1S/C13H23N3O2S2/c1-15-8-10-16(11-9-15)7-3-2-6-14-20(17,18)13-5-4-12-19-13/h4-5,12,14H,2-3,6-11H2,1H3. The normalized spacial score (nSPS) is 18.4. The molecule has 1 fully saturated rings. The highest BCUT2D eigenvalue weighted by molar-refractivity contribution is 7.91. The second kappa shape index (κ2) is 7.51. The van der Waals surface area contributed by atoms with Crippen LogP contribution >= 0.6 is 11.3 Å². The molecule has 1 saturated heterocycles. The molecule has 20 heavy (non-hydrogen) atoms. The lowest BCUT2D eigenvalue weighted by Crippen LogP contribution is -2.44. The van der Waals surface area contributed by atoms with E-state index in [1.165, 1.54) is 11.3 Å². The van der Waals surface area contributed by atoms with Gasteiger partial charge in [-0.25, -0.2) is 13.1 Å². The molecule has 2 heterocycles. The van der Waals surface area contributed by atoms with Gasteiger partial charge in [-0.05, 0) is 37.9 Å². The highest BCUT2D eigenvalue weighted by atomic mass is 32.2. The maximum atomic E-state index is 11.9. The van der Waals surface area contributed by atoms with Crippen LogP contribution in [0.15, 0.2) is 21.7 Å². The largest absolute Gasteiger partial charge is 0.304 e. The van der Waals surface area contributed by atoms with Crippen LogP contribution in [0.2, 0.25) is 0 Å². The number of unbranched alkanes of at least 4 members (excludes halogenated alkanes) is 1. The molecule has 0 amide bonds. The summed E-state index contributed by atoms with van der Waals surface area (Å²) in [6.07, 6.45) is 1.92. The number of hydrogen-bond donors (Lipinski definition) is 1. The number of rotatable bonds is 7. The highest BCUT2D eigenvalue weighted by Crippen LogP contribution is 2.15. The van der Waals surface area contributed by atoms with Gasteiger partial charge in [0.1, 0.15) is 4.21 Å². The summed E-state index contributed by atoms with van der Waals surface area (Å²) < 4.78 is 26.8. The Bertz CT molecular complexity index is 480. The van der Waals surface area contributed by atoms with E-state index in [1.54, 1.807) is 17.5 Å². The molecule has 0 aliphatic carbocycles. The molecular weight excluding hydrogens is 294 g/mol. The lowest BCUT2D eigenvalue weighted by Gasteiger charge is -2.32. The van der Waals surface area contributed by atoms with Crippen molar-refractivity contribution >= 4 is 21.4 Å². The van der Waals surface area contributed by atoms with Gasteiger partial charge < -0.3 is 9.80 Å². The van der Waals surface area contributed by atoms with E-state index in [2.05, 4.69) is 21.6 Å². The Labute approximate surface area is 125 Å². The summed E-state index contributed by atoms with van der Waals surface area (Å²) in [4.78, 5) is 4.79. The molecule has 1 aromatic rings. The van der Waals surface area contributed by atoms with Crippen LogP contribution < -0.4 is 4.72 Å². The number of piperazine rings is 1. The first-order chi connectivity index (χ1) is 9.58. The van der Waals surface area contributed by atoms with E-state index in [4.69, 9.17) is 0 Å². The third-order valence-corrected chi connectivity index (χ3v) is 6.41. The van der Waals surface area contributed by atoms with Crippen molar-refractivity contribution in [1.29, 1.82) is 0 Å². The molecule has 0 bridgehead atoms. The number of thiophene rings is 1. The molecule has 2 rings (SSSR count). The van der Waals surface area contributed by atoms with E-state index in [9.17, 15) is 8.42 Å². The van der Waals surface area contributed by atoms with Crippen molar-refractivity contribution in [2.45, 2.75) is 17.1 Å². The molecule has 1 aliphatic heterocycles. The van der Waals surface area contributed by atoms with Gasteiger partial charge in [0.25, 0.3) is 0 Å². The average molecular weight is 317 g/mol. The zero-order chi connectivity index (χ0) is 14.4. The Hall–Kier alpha value is -0.470. The number of nitrogens with one attached hydrogen (secondary N) is 1. The Balaban J connectivity index is 1.60. The zero-order valence-corrected chi connectivity index (χ0v) is 13.5. The van der Waals surface area contributed by atoms with Gasteiger partial charge in [0.05, 0.1) is 0 Å². The van der Waals surface area contributed by atoms with E-state index >= 15 is 0 Å². The molecule has 1 aromatic heterocycles. The number of sulfonamides is 1. The van der Waals surface area contributed by atoms with Gasteiger partial charge in [-0.1, -0.05) is 6.07 Å². The molecule has 1 N–H and O–H groups in total. The first-order valence-corrected chi connectivity index (χ1v) is 9.38. The third kappa shape index (κ3) is 4.82. The molecule has 7 heteroatoms. The van der Waals surface area contributed by atoms with Crippen molar-refractivity contribution in [2.75, 3.05) is 46.3 Å². The van der Waals surface area contributed by atoms with E-state index in [0.717, 1.165) is 45.6 Å². The van der Waals surface area contributed by atoms with Gasteiger partial charge in [0.2, 0.25) is 10.0 Å². The first-order valence-electron chi connectivity index (χ1n) is 7.02. The quantitative estimate of drug-likeness (QED) is 0.764. The second-order valence-corrected chi connectivity index (χ2v) is 8.12. The van der Waals surface area contributed by atoms with E-state index in [1.807, 2.05) is 0 Å². The molecule has 0 atom stereocenters. The fourth-order valence-corrected chi connectivity index (χ4v) is 4.34. The van der Waals surface area contributed by atoms with E-state index < -0.39 is 10.0 Å². The van der Waals surface area contributed by atoms with Crippen LogP contribution in [0.4, 0.5) is 0 Å². The van der Waals surface area contributed by atoms with Crippen LogP contribution in [-0.2, 0) is 10.0 Å². The zero-order valence-electron chi connectivity index (χ0n) is 11.9. The Morgan fingerprint density at radius 1 is 1.25 bits per heavy atom. The Morgan fingerprint density at radius 2 is 2.00 bits per heavy atom. The molecule has 0 spiro atoms.